The number of nitrogens with one attached hydrogen (secondary N) is 1. The van der Waals surface area contributed by atoms with Gasteiger partial charge < -0.3 is 4.74 Å². The van der Waals surface area contributed by atoms with E-state index >= 15 is 0 Å². The molecule has 0 fully saturated rings. The lowest BCUT2D eigenvalue weighted by atomic mass is 10.4. The van der Waals surface area contributed by atoms with Gasteiger partial charge in [0.05, 0.1) is 16.4 Å². The van der Waals surface area contributed by atoms with Crippen molar-refractivity contribution in [3.05, 3.63) is 24.3 Å². The second-order valence-corrected chi connectivity index (χ2v) is 6.41. The predicted molar refractivity (Wildman–Crippen MR) is 61.8 cm³/mol. The molecule has 0 aliphatic rings. The minimum atomic E-state index is -4.82. The second kappa shape index (κ2) is 5.74. The summed E-state index contributed by atoms with van der Waals surface area (Å²) >= 11 is 0. The van der Waals surface area contributed by atoms with E-state index in [4.69, 9.17) is 0 Å². The highest BCUT2D eigenvalue weighted by molar-refractivity contribution is 7.89. The zero-order valence-corrected chi connectivity index (χ0v) is 11.1. The van der Waals surface area contributed by atoms with Crippen molar-refractivity contribution in [3.8, 4) is 0 Å². The third kappa shape index (κ3) is 4.02. The van der Waals surface area contributed by atoms with Crippen LogP contribution in [0.5, 0.6) is 0 Å². The number of hydrogen-bond acceptors (Lipinski definition) is 5. The maximum absolute atomic E-state index is 12.6. The molecule has 1 aromatic carbocycles. The summed E-state index contributed by atoms with van der Waals surface area (Å²) in [6.07, 6.45) is 0. The highest BCUT2D eigenvalue weighted by Crippen LogP contribution is 2.15. The van der Waals surface area contributed by atoms with E-state index in [9.17, 15) is 20.7 Å². The van der Waals surface area contributed by atoms with Gasteiger partial charge in [0.2, 0.25) is 10.0 Å². The van der Waals surface area contributed by atoms with Gasteiger partial charge >= 0.3 is 10.2 Å². The number of benzene rings is 1. The molecule has 0 amide bonds. The smallest absolute Gasteiger partial charge is 0.332 e. The van der Waals surface area contributed by atoms with Crippen LogP contribution >= 0.6 is 0 Å². The lowest BCUT2D eigenvalue weighted by molar-refractivity contribution is 0.204. The largest absolute Gasteiger partial charge is 0.383 e. The normalized spacial score (nSPS) is 12.6. The molecule has 0 atom stereocenters. The lowest BCUT2D eigenvalue weighted by Crippen LogP contribution is -2.27. The van der Waals surface area contributed by atoms with E-state index in [0.29, 0.717) is 0 Å². The van der Waals surface area contributed by atoms with Crippen molar-refractivity contribution >= 4 is 20.2 Å². The second-order valence-electron chi connectivity index (χ2n) is 3.30. The number of halogens is 1. The van der Waals surface area contributed by atoms with Gasteiger partial charge in [0, 0.05) is 13.7 Å². The summed E-state index contributed by atoms with van der Waals surface area (Å²) < 4.78 is 63.9. The Balaban J connectivity index is 2.91. The Morgan fingerprint density at radius 2 is 1.61 bits per heavy atom. The van der Waals surface area contributed by atoms with Crippen LogP contribution in [0, 0.1) is 0 Å². The van der Waals surface area contributed by atoms with E-state index in [2.05, 4.69) is 9.46 Å². The molecule has 0 heterocycles. The zero-order valence-electron chi connectivity index (χ0n) is 9.46. The van der Waals surface area contributed by atoms with Crippen LogP contribution in [0.25, 0.3) is 0 Å². The van der Waals surface area contributed by atoms with Gasteiger partial charge in [-0.25, -0.2) is 13.1 Å². The van der Waals surface area contributed by atoms with Crippen LogP contribution in [0.3, 0.4) is 0 Å². The van der Waals surface area contributed by atoms with E-state index in [0.717, 1.165) is 24.3 Å². The topological polar surface area (TPSA) is 89.5 Å². The fraction of sp³-hybridized carbons (Fsp3) is 0.333. The fourth-order valence-electron chi connectivity index (χ4n) is 1.14. The van der Waals surface area contributed by atoms with Crippen LogP contribution in [0.4, 0.5) is 3.89 Å². The predicted octanol–water partition coefficient (Wildman–Crippen LogP) is 0.269. The molecular weight excluding hydrogens is 285 g/mol. The Hall–Kier alpha value is -1.03. The fourth-order valence-corrected chi connectivity index (χ4v) is 2.62. The summed E-state index contributed by atoms with van der Waals surface area (Å²) in [7, 11) is -7.14. The van der Waals surface area contributed by atoms with Gasteiger partial charge in [0.15, 0.2) is 0 Å². The average molecular weight is 297 g/mol. The monoisotopic (exact) mass is 297 g/mol. The molecule has 6 nitrogen and oxygen atoms in total. The minimum Gasteiger partial charge on any atom is -0.383 e. The van der Waals surface area contributed by atoms with Crippen LogP contribution < -0.4 is 4.72 Å². The Morgan fingerprint density at radius 1 is 1.11 bits per heavy atom. The third-order valence-electron chi connectivity index (χ3n) is 2.01. The molecule has 0 bridgehead atoms. The van der Waals surface area contributed by atoms with Crippen LogP contribution in [0.15, 0.2) is 34.1 Å². The van der Waals surface area contributed by atoms with E-state index in [1.54, 1.807) is 0 Å². The minimum absolute atomic E-state index is 0.0853. The van der Waals surface area contributed by atoms with Crippen LogP contribution in [-0.4, -0.2) is 37.1 Å². The van der Waals surface area contributed by atoms with Gasteiger partial charge in [-0.2, -0.15) is 8.42 Å². The SMILES string of the molecule is COCCNS(=O)(=O)c1ccc(S(=O)(=O)F)cc1. The van der Waals surface area contributed by atoms with Crippen molar-refractivity contribution < 1.29 is 25.5 Å². The standard InChI is InChI=1S/C9H12FNO5S2/c1-16-7-6-11-18(14,15)9-4-2-8(3-5-9)17(10,12)13/h2-5,11H,6-7H2,1H3. The van der Waals surface area contributed by atoms with Crippen molar-refractivity contribution in [1.29, 1.82) is 0 Å². The van der Waals surface area contributed by atoms with E-state index in [-0.39, 0.29) is 18.0 Å². The van der Waals surface area contributed by atoms with Crippen molar-refractivity contribution in [1.82, 2.24) is 4.72 Å². The number of hydrogen-bond donors (Lipinski definition) is 1. The van der Waals surface area contributed by atoms with Crippen LogP contribution in [0.2, 0.25) is 0 Å². The molecule has 1 rings (SSSR count). The molecule has 18 heavy (non-hydrogen) atoms. The summed E-state index contributed by atoms with van der Waals surface area (Å²) in [5.41, 5.74) is 0. The summed E-state index contributed by atoms with van der Waals surface area (Å²) in [6, 6.07) is 3.81. The Bertz CT molecular complexity index is 594. The third-order valence-corrected chi connectivity index (χ3v) is 4.33. The molecule has 9 heteroatoms. The quantitative estimate of drug-likeness (QED) is 0.601. The first kappa shape index (κ1) is 15.0. The van der Waals surface area contributed by atoms with Gasteiger partial charge in [-0.3, -0.25) is 0 Å². The highest BCUT2D eigenvalue weighted by Gasteiger charge is 2.16. The van der Waals surface area contributed by atoms with Crippen LogP contribution in [-0.2, 0) is 25.0 Å². The van der Waals surface area contributed by atoms with Gasteiger partial charge in [0.1, 0.15) is 0 Å². The molecule has 0 spiro atoms. The van der Waals surface area contributed by atoms with E-state index in [1.807, 2.05) is 0 Å². The van der Waals surface area contributed by atoms with Gasteiger partial charge in [-0.15, -0.1) is 3.89 Å². The zero-order chi connectivity index (χ0) is 13.8. The number of ether oxygens (including phenoxy) is 1. The molecule has 0 saturated heterocycles. The molecule has 102 valence electrons. The number of sulfonamides is 1. The summed E-state index contributed by atoms with van der Waals surface area (Å²) in [5, 5.41) is 0. The Morgan fingerprint density at radius 3 is 2.06 bits per heavy atom. The first-order chi connectivity index (χ1) is 8.27. The van der Waals surface area contributed by atoms with E-state index in [1.165, 1.54) is 7.11 Å². The Labute approximate surface area is 105 Å². The van der Waals surface area contributed by atoms with Crippen LogP contribution in [0.1, 0.15) is 0 Å². The Kier molecular flexibility index (Phi) is 4.79. The summed E-state index contributed by atoms with van der Waals surface area (Å²) in [6.45, 7) is 0.290. The molecule has 0 aliphatic carbocycles. The first-order valence-corrected chi connectivity index (χ1v) is 7.67. The highest BCUT2D eigenvalue weighted by atomic mass is 32.3. The molecule has 0 saturated carbocycles. The number of rotatable bonds is 6. The molecule has 1 aromatic rings. The molecular formula is C9H12FNO5S2. The summed E-state index contributed by atoms with van der Waals surface area (Å²) in [4.78, 5) is -0.732. The molecule has 0 radical (unpaired) electrons. The van der Waals surface area contributed by atoms with Crippen molar-refractivity contribution in [2.24, 2.45) is 0 Å². The molecule has 0 aliphatic heterocycles. The molecule has 1 N–H and O–H groups in total. The van der Waals surface area contributed by atoms with Crippen molar-refractivity contribution in [2.75, 3.05) is 20.3 Å². The lowest BCUT2D eigenvalue weighted by Gasteiger charge is -2.06. The maximum atomic E-state index is 12.6. The van der Waals surface area contributed by atoms with Gasteiger partial charge in [-0.05, 0) is 24.3 Å². The number of methoxy groups -OCH3 is 1. The first-order valence-electron chi connectivity index (χ1n) is 4.81. The maximum Gasteiger partial charge on any atom is 0.332 e. The van der Waals surface area contributed by atoms with Crippen molar-refractivity contribution in [3.63, 3.8) is 0 Å². The molecule has 0 aromatic heterocycles. The van der Waals surface area contributed by atoms with Crippen molar-refractivity contribution in [2.45, 2.75) is 9.79 Å². The summed E-state index contributed by atoms with van der Waals surface area (Å²) in [5.74, 6) is 0. The van der Waals surface area contributed by atoms with Gasteiger partial charge in [0.25, 0.3) is 0 Å². The molecule has 0 unspecified atom stereocenters. The van der Waals surface area contributed by atoms with E-state index < -0.39 is 25.1 Å². The average Bonchev–Trinajstić information content (AvgIpc) is 2.28. The van der Waals surface area contributed by atoms with Gasteiger partial charge in [-0.1, -0.05) is 0 Å².